The number of hydrogen-bond acceptors (Lipinski definition) is 4. The van der Waals surface area contributed by atoms with Crippen LogP contribution in [-0.2, 0) is 0 Å². The molecule has 0 fully saturated rings. The second-order valence-electron chi connectivity index (χ2n) is 5.28. The van der Waals surface area contributed by atoms with Crippen LogP contribution in [0.4, 0.5) is 0 Å². The van der Waals surface area contributed by atoms with Gasteiger partial charge in [-0.2, -0.15) is 36.4 Å². The summed E-state index contributed by atoms with van der Waals surface area (Å²) in [5.74, 6) is 0. The summed E-state index contributed by atoms with van der Waals surface area (Å²) in [4.78, 5) is 16.2. The topological polar surface area (TPSA) is 51.6 Å². The van der Waals surface area contributed by atoms with Gasteiger partial charge in [-0.3, -0.25) is 19.9 Å². The van der Waals surface area contributed by atoms with Crippen molar-refractivity contribution in [2.75, 3.05) is 0 Å². The summed E-state index contributed by atoms with van der Waals surface area (Å²) in [6, 6.07) is 22.6. The van der Waals surface area contributed by atoms with Crippen LogP contribution in [0.25, 0.3) is 11.3 Å². The smallest absolute Gasteiger partial charge is 0.261 e. The first kappa shape index (κ1) is 22.2. The summed E-state index contributed by atoms with van der Waals surface area (Å²) >= 11 is 0. The number of aromatic nitrogens is 4. The number of nitrogens with zero attached hydrogens (tertiary/aromatic N) is 4. The summed E-state index contributed by atoms with van der Waals surface area (Å²) in [5, 5.41) is 0. The van der Waals surface area contributed by atoms with Crippen molar-refractivity contribution < 1.29 is 18.9 Å². The summed E-state index contributed by atoms with van der Waals surface area (Å²) in [6.45, 7) is 3.88. The van der Waals surface area contributed by atoms with Gasteiger partial charge in [-0.25, -0.2) is 0 Å². The van der Waals surface area contributed by atoms with Crippen LogP contribution < -0.4 is 18.9 Å². The van der Waals surface area contributed by atoms with E-state index < -0.39 is 0 Å². The van der Waals surface area contributed by atoms with Crippen molar-refractivity contribution in [1.82, 2.24) is 19.9 Å². The maximum Gasteiger partial charge on any atom is 1.00 e. The molecule has 2 aromatic heterocycles. The Bertz CT molecular complexity index is 830. The van der Waals surface area contributed by atoms with Gasteiger partial charge in [0.1, 0.15) is 0 Å². The van der Waals surface area contributed by atoms with Crippen LogP contribution in [0.3, 0.4) is 0 Å². The SMILES string of the molecule is Cc1cnccn1.Cc1nccnc1-c1ccccc1.[Li+].[c-]1ccccc1. The Morgan fingerprint density at radius 3 is 1.78 bits per heavy atom. The van der Waals surface area contributed by atoms with Gasteiger partial charge >= 0.3 is 18.9 Å². The molecule has 0 aliphatic rings. The Morgan fingerprint density at radius 2 is 1.33 bits per heavy atom. The molecule has 27 heavy (non-hydrogen) atoms. The van der Waals surface area contributed by atoms with Crippen molar-refractivity contribution in [3.05, 3.63) is 109 Å². The van der Waals surface area contributed by atoms with Gasteiger partial charge in [0.25, 0.3) is 0 Å². The quantitative estimate of drug-likeness (QED) is 0.388. The Hall–Kier alpha value is -2.80. The molecule has 4 aromatic rings. The predicted octanol–water partition coefficient (Wildman–Crippen LogP) is 1.73. The van der Waals surface area contributed by atoms with Crippen LogP contribution in [0.5, 0.6) is 0 Å². The number of aryl methyl sites for hydroxylation is 2. The van der Waals surface area contributed by atoms with Crippen molar-refractivity contribution in [2.24, 2.45) is 0 Å². The molecule has 130 valence electrons. The summed E-state index contributed by atoms with van der Waals surface area (Å²) < 4.78 is 0. The minimum Gasteiger partial charge on any atom is -0.261 e. The van der Waals surface area contributed by atoms with E-state index in [-0.39, 0.29) is 18.9 Å². The molecule has 0 atom stereocenters. The van der Waals surface area contributed by atoms with Gasteiger partial charge in [-0.15, -0.1) is 0 Å². The molecule has 0 aliphatic carbocycles. The van der Waals surface area contributed by atoms with Gasteiger partial charge in [-0.05, 0) is 13.8 Å². The first-order valence-electron chi connectivity index (χ1n) is 8.24. The maximum absolute atomic E-state index is 4.29. The van der Waals surface area contributed by atoms with E-state index in [0.29, 0.717) is 0 Å². The third-order valence-corrected chi connectivity index (χ3v) is 3.23. The van der Waals surface area contributed by atoms with Crippen LogP contribution in [-0.4, -0.2) is 19.9 Å². The first-order chi connectivity index (χ1) is 12.8. The monoisotopic (exact) mass is 348 g/mol. The molecule has 0 bridgehead atoms. The van der Waals surface area contributed by atoms with Gasteiger partial charge in [0.2, 0.25) is 0 Å². The van der Waals surface area contributed by atoms with E-state index in [0.717, 1.165) is 22.6 Å². The standard InChI is InChI=1S/C11H10N2.C6H5.C5H6N2.Li/c1-9-11(13-8-7-12-9)10-5-3-2-4-6-10;1-2-4-6-5-3-1;1-5-4-6-2-3-7-5;/h2-8H,1H3;1-5H;2-4H,1H3;/q;-1;;+1. The maximum atomic E-state index is 4.29. The normalized spacial score (nSPS) is 8.81. The van der Waals surface area contributed by atoms with Crippen LogP contribution in [0.15, 0.2) is 91.6 Å². The molecule has 0 aliphatic heterocycles. The largest absolute Gasteiger partial charge is 1.00 e. The number of rotatable bonds is 1. The fourth-order valence-electron chi connectivity index (χ4n) is 2.00. The molecular weight excluding hydrogens is 327 g/mol. The van der Waals surface area contributed by atoms with Crippen molar-refractivity contribution in [3.8, 4) is 11.3 Å². The average molecular weight is 348 g/mol. The van der Waals surface area contributed by atoms with Crippen LogP contribution >= 0.6 is 0 Å². The Labute approximate surface area is 173 Å². The second kappa shape index (κ2) is 13.4. The summed E-state index contributed by atoms with van der Waals surface area (Å²) in [6.07, 6.45) is 8.49. The van der Waals surface area contributed by atoms with Crippen molar-refractivity contribution >= 4 is 0 Å². The van der Waals surface area contributed by atoms with E-state index in [1.54, 1.807) is 31.0 Å². The molecule has 2 heterocycles. The van der Waals surface area contributed by atoms with Crippen LogP contribution in [0.1, 0.15) is 11.4 Å². The molecule has 4 rings (SSSR count). The Morgan fingerprint density at radius 1 is 0.704 bits per heavy atom. The molecule has 0 saturated heterocycles. The number of hydrogen-bond donors (Lipinski definition) is 0. The molecule has 0 saturated carbocycles. The van der Waals surface area contributed by atoms with E-state index in [1.807, 2.05) is 74.5 Å². The van der Waals surface area contributed by atoms with E-state index >= 15 is 0 Å². The third kappa shape index (κ3) is 8.91. The first-order valence-corrected chi connectivity index (χ1v) is 8.24. The van der Waals surface area contributed by atoms with E-state index in [4.69, 9.17) is 0 Å². The van der Waals surface area contributed by atoms with Crippen molar-refractivity contribution in [2.45, 2.75) is 13.8 Å². The Balaban J connectivity index is 0.000000221. The zero-order valence-corrected chi connectivity index (χ0v) is 15.9. The molecule has 5 heteroatoms. The molecule has 0 unspecified atom stereocenters. The molecule has 0 spiro atoms. The van der Waals surface area contributed by atoms with Gasteiger partial charge in [-0.1, -0.05) is 30.3 Å². The van der Waals surface area contributed by atoms with E-state index in [1.165, 1.54) is 0 Å². The van der Waals surface area contributed by atoms with E-state index in [9.17, 15) is 0 Å². The predicted molar refractivity (Wildman–Crippen MR) is 104 cm³/mol. The summed E-state index contributed by atoms with van der Waals surface area (Å²) in [7, 11) is 0. The fraction of sp³-hybridized carbons (Fsp3) is 0.0909. The second-order valence-corrected chi connectivity index (χ2v) is 5.28. The van der Waals surface area contributed by atoms with Crippen LogP contribution in [0, 0.1) is 19.9 Å². The minimum atomic E-state index is 0. The van der Waals surface area contributed by atoms with Crippen molar-refractivity contribution in [1.29, 1.82) is 0 Å². The van der Waals surface area contributed by atoms with Gasteiger partial charge in [0.05, 0.1) is 17.1 Å². The molecule has 2 aromatic carbocycles. The zero-order chi connectivity index (χ0) is 18.5. The fourth-order valence-corrected chi connectivity index (χ4v) is 2.00. The molecule has 4 nitrogen and oxygen atoms in total. The third-order valence-electron chi connectivity index (χ3n) is 3.23. The molecule has 0 N–H and O–H groups in total. The van der Waals surface area contributed by atoms with Crippen molar-refractivity contribution in [3.63, 3.8) is 0 Å². The summed E-state index contributed by atoms with van der Waals surface area (Å²) in [5.41, 5.74) is 4.01. The van der Waals surface area contributed by atoms with Gasteiger partial charge < -0.3 is 0 Å². The van der Waals surface area contributed by atoms with Gasteiger partial charge in [0, 0.05) is 36.5 Å². The van der Waals surface area contributed by atoms with E-state index in [2.05, 4.69) is 26.0 Å². The average Bonchev–Trinajstić information content (AvgIpc) is 2.72. The molecule has 0 radical (unpaired) electrons. The van der Waals surface area contributed by atoms with Crippen LogP contribution in [0.2, 0.25) is 0 Å². The van der Waals surface area contributed by atoms with Gasteiger partial charge in [0.15, 0.2) is 0 Å². The zero-order valence-electron chi connectivity index (χ0n) is 15.9. The molecular formula is C22H21LiN4. The minimum absolute atomic E-state index is 0. The number of benzene rings is 2. The molecule has 0 amide bonds. The Kier molecular flexibility index (Phi) is 11.0.